The first-order valence-corrected chi connectivity index (χ1v) is 7.79. The molecule has 0 aliphatic heterocycles. The predicted octanol–water partition coefficient (Wildman–Crippen LogP) is 2.73. The SMILES string of the molecule is Cc1cc(C(N)=O)c(NC(=O)c2ccn(-c3ccc(F)cc3)n2)s1. The first-order chi connectivity index (χ1) is 11.4. The highest BCUT2D eigenvalue weighted by molar-refractivity contribution is 7.16. The van der Waals surface area contributed by atoms with Crippen molar-refractivity contribution in [2.75, 3.05) is 5.32 Å². The number of aromatic nitrogens is 2. The lowest BCUT2D eigenvalue weighted by atomic mass is 10.3. The van der Waals surface area contributed by atoms with Crippen molar-refractivity contribution in [1.82, 2.24) is 9.78 Å². The Hall–Kier alpha value is -3.00. The van der Waals surface area contributed by atoms with Crippen molar-refractivity contribution < 1.29 is 14.0 Å². The van der Waals surface area contributed by atoms with Gasteiger partial charge in [0.1, 0.15) is 10.8 Å². The van der Waals surface area contributed by atoms with Crippen LogP contribution >= 0.6 is 11.3 Å². The van der Waals surface area contributed by atoms with Gasteiger partial charge in [-0.05, 0) is 43.3 Å². The summed E-state index contributed by atoms with van der Waals surface area (Å²) in [5, 5.41) is 7.19. The third kappa shape index (κ3) is 3.18. The van der Waals surface area contributed by atoms with Crippen molar-refractivity contribution in [2.24, 2.45) is 5.73 Å². The fourth-order valence-electron chi connectivity index (χ4n) is 2.14. The quantitative estimate of drug-likeness (QED) is 0.762. The van der Waals surface area contributed by atoms with E-state index >= 15 is 0 Å². The third-order valence-electron chi connectivity index (χ3n) is 3.26. The number of carbonyl (C=O) groups is 2. The minimum atomic E-state index is -0.605. The van der Waals surface area contributed by atoms with Crippen molar-refractivity contribution in [2.45, 2.75) is 6.92 Å². The number of hydrogen-bond acceptors (Lipinski definition) is 4. The number of aryl methyl sites for hydroxylation is 1. The molecule has 3 N–H and O–H groups in total. The number of anilines is 1. The maximum atomic E-state index is 13.0. The number of nitrogens with zero attached hydrogens (tertiary/aromatic N) is 2. The van der Waals surface area contributed by atoms with Crippen LogP contribution in [0.5, 0.6) is 0 Å². The van der Waals surface area contributed by atoms with Crippen LogP contribution in [0.3, 0.4) is 0 Å². The van der Waals surface area contributed by atoms with Crippen molar-refractivity contribution >= 4 is 28.2 Å². The van der Waals surface area contributed by atoms with E-state index in [-0.39, 0.29) is 17.1 Å². The van der Waals surface area contributed by atoms with Gasteiger partial charge in [0.2, 0.25) is 0 Å². The molecule has 0 saturated heterocycles. The molecule has 0 aliphatic rings. The summed E-state index contributed by atoms with van der Waals surface area (Å²) in [6, 6.07) is 8.88. The van der Waals surface area contributed by atoms with Crippen molar-refractivity contribution in [3.8, 4) is 5.69 Å². The summed E-state index contributed by atoms with van der Waals surface area (Å²) in [5.74, 6) is -1.41. The number of halogens is 1. The summed E-state index contributed by atoms with van der Waals surface area (Å²) in [5.41, 5.74) is 6.36. The maximum absolute atomic E-state index is 13.0. The molecule has 1 aromatic carbocycles. The second kappa shape index (κ2) is 6.25. The normalized spacial score (nSPS) is 10.6. The topological polar surface area (TPSA) is 90.0 Å². The zero-order valence-electron chi connectivity index (χ0n) is 12.6. The van der Waals surface area contributed by atoms with E-state index in [1.54, 1.807) is 24.4 Å². The van der Waals surface area contributed by atoms with E-state index in [2.05, 4.69) is 10.4 Å². The van der Waals surface area contributed by atoms with Crippen LogP contribution in [0.15, 0.2) is 42.6 Å². The molecular weight excluding hydrogens is 331 g/mol. The highest BCUT2D eigenvalue weighted by Crippen LogP contribution is 2.27. The molecule has 24 heavy (non-hydrogen) atoms. The number of amides is 2. The lowest BCUT2D eigenvalue weighted by Gasteiger charge is -2.03. The van der Waals surface area contributed by atoms with Gasteiger partial charge in [-0.25, -0.2) is 9.07 Å². The fourth-order valence-corrected chi connectivity index (χ4v) is 3.05. The first-order valence-electron chi connectivity index (χ1n) is 6.97. The first kappa shape index (κ1) is 15.9. The predicted molar refractivity (Wildman–Crippen MR) is 89.0 cm³/mol. The van der Waals surface area contributed by atoms with Gasteiger partial charge >= 0.3 is 0 Å². The zero-order valence-corrected chi connectivity index (χ0v) is 13.4. The lowest BCUT2D eigenvalue weighted by Crippen LogP contribution is -2.17. The number of nitrogens with one attached hydrogen (secondary N) is 1. The summed E-state index contributed by atoms with van der Waals surface area (Å²) in [6.45, 7) is 1.82. The van der Waals surface area contributed by atoms with Crippen LogP contribution in [-0.2, 0) is 0 Å². The average molecular weight is 344 g/mol. The largest absolute Gasteiger partial charge is 0.366 e. The molecule has 0 radical (unpaired) electrons. The highest BCUT2D eigenvalue weighted by atomic mass is 32.1. The number of rotatable bonds is 4. The Bertz CT molecular complexity index is 915. The second-order valence-corrected chi connectivity index (χ2v) is 6.30. The summed E-state index contributed by atoms with van der Waals surface area (Å²) >= 11 is 1.26. The Morgan fingerprint density at radius 1 is 1.25 bits per heavy atom. The molecule has 6 nitrogen and oxygen atoms in total. The van der Waals surface area contributed by atoms with E-state index in [4.69, 9.17) is 5.73 Å². The van der Waals surface area contributed by atoms with Crippen LogP contribution in [0.2, 0.25) is 0 Å². The van der Waals surface area contributed by atoms with E-state index in [9.17, 15) is 14.0 Å². The maximum Gasteiger partial charge on any atom is 0.276 e. The zero-order chi connectivity index (χ0) is 17.3. The van der Waals surface area contributed by atoms with Crippen LogP contribution in [0.1, 0.15) is 25.7 Å². The molecule has 0 fully saturated rings. The molecule has 0 spiro atoms. The Balaban J connectivity index is 1.82. The van der Waals surface area contributed by atoms with Crippen LogP contribution in [-0.4, -0.2) is 21.6 Å². The van der Waals surface area contributed by atoms with Gasteiger partial charge in [-0.15, -0.1) is 11.3 Å². The van der Waals surface area contributed by atoms with E-state index in [0.717, 1.165) is 4.88 Å². The minimum absolute atomic E-state index is 0.167. The Kier molecular flexibility index (Phi) is 4.13. The van der Waals surface area contributed by atoms with E-state index in [0.29, 0.717) is 10.7 Å². The molecule has 0 unspecified atom stereocenters. The molecule has 8 heteroatoms. The number of nitrogens with two attached hydrogens (primary N) is 1. The third-order valence-corrected chi connectivity index (χ3v) is 4.23. The Morgan fingerprint density at radius 3 is 2.62 bits per heavy atom. The molecule has 0 bridgehead atoms. The van der Waals surface area contributed by atoms with Gasteiger partial charge in [-0.1, -0.05) is 0 Å². The number of benzene rings is 1. The van der Waals surface area contributed by atoms with Crippen LogP contribution in [0, 0.1) is 12.7 Å². The smallest absolute Gasteiger partial charge is 0.276 e. The summed E-state index contributed by atoms with van der Waals surface area (Å²) < 4.78 is 14.4. The molecule has 2 heterocycles. The van der Waals surface area contributed by atoms with Crippen molar-refractivity contribution in [3.63, 3.8) is 0 Å². The molecule has 3 rings (SSSR count). The van der Waals surface area contributed by atoms with Crippen LogP contribution < -0.4 is 11.1 Å². The molecule has 3 aromatic rings. The van der Waals surface area contributed by atoms with Gasteiger partial charge in [0, 0.05) is 11.1 Å². The molecule has 0 saturated carbocycles. The average Bonchev–Trinajstić information content (AvgIpc) is 3.15. The van der Waals surface area contributed by atoms with Gasteiger partial charge in [-0.3, -0.25) is 9.59 Å². The number of carbonyl (C=O) groups excluding carboxylic acids is 2. The Morgan fingerprint density at radius 2 is 1.96 bits per heavy atom. The molecule has 2 aromatic heterocycles. The molecule has 2 amide bonds. The number of primary amides is 1. The lowest BCUT2D eigenvalue weighted by molar-refractivity contribution is 0.100. The molecule has 0 aliphatic carbocycles. The van der Waals surface area contributed by atoms with Gasteiger partial charge in [0.15, 0.2) is 5.69 Å². The monoisotopic (exact) mass is 344 g/mol. The van der Waals surface area contributed by atoms with E-state index in [1.807, 2.05) is 6.92 Å². The van der Waals surface area contributed by atoms with Gasteiger partial charge < -0.3 is 11.1 Å². The van der Waals surface area contributed by atoms with Gasteiger partial charge in [0.05, 0.1) is 11.3 Å². The van der Waals surface area contributed by atoms with E-state index < -0.39 is 11.8 Å². The summed E-state index contributed by atoms with van der Waals surface area (Å²) in [4.78, 5) is 24.6. The molecule has 0 atom stereocenters. The summed E-state index contributed by atoms with van der Waals surface area (Å²) in [6.07, 6.45) is 1.59. The number of hydrogen-bond donors (Lipinski definition) is 2. The van der Waals surface area contributed by atoms with Crippen molar-refractivity contribution in [3.05, 3.63) is 64.5 Å². The standard InChI is InChI=1S/C16H13FN4O2S/c1-9-8-12(14(18)22)16(24-9)19-15(23)13-6-7-21(20-13)11-4-2-10(17)3-5-11/h2-8H,1H3,(H2,18,22)(H,19,23). The van der Waals surface area contributed by atoms with E-state index in [1.165, 1.54) is 34.2 Å². The van der Waals surface area contributed by atoms with Gasteiger partial charge in [0.25, 0.3) is 11.8 Å². The number of thiophene rings is 1. The molecular formula is C16H13FN4O2S. The summed E-state index contributed by atoms with van der Waals surface area (Å²) in [7, 11) is 0. The van der Waals surface area contributed by atoms with Crippen molar-refractivity contribution in [1.29, 1.82) is 0 Å². The second-order valence-electron chi connectivity index (χ2n) is 5.04. The fraction of sp³-hybridized carbons (Fsp3) is 0.0625. The van der Waals surface area contributed by atoms with Gasteiger partial charge in [-0.2, -0.15) is 5.10 Å². The van der Waals surface area contributed by atoms with Crippen LogP contribution in [0.4, 0.5) is 9.39 Å². The Labute approximate surface area is 140 Å². The minimum Gasteiger partial charge on any atom is -0.366 e. The van der Waals surface area contributed by atoms with Crippen LogP contribution in [0.25, 0.3) is 5.69 Å². The molecule has 122 valence electrons. The highest BCUT2D eigenvalue weighted by Gasteiger charge is 2.17.